The molecule has 0 bridgehead atoms. The van der Waals surface area contributed by atoms with Crippen LogP contribution >= 0.6 is 0 Å². The minimum absolute atomic E-state index is 0.177. The Morgan fingerprint density at radius 3 is 1.10 bits per heavy atom. The van der Waals surface area contributed by atoms with Crippen molar-refractivity contribution in [2.45, 2.75) is 162 Å². The van der Waals surface area contributed by atoms with E-state index in [1.54, 1.807) is 41.5 Å². The molecule has 2 atom stereocenters. The lowest BCUT2D eigenvalue weighted by molar-refractivity contribution is -0.124. The predicted molar refractivity (Wildman–Crippen MR) is 242 cm³/mol. The molecule has 6 N–H and O–H groups in total. The number of rotatable bonds is 28. The summed E-state index contributed by atoms with van der Waals surface area (Å²) in [5, 5.41) is 16.7. The highest BCUT2D eigenvalue weighted by molar-refractivity contribution is 5.86. The summed E-state index contributed by atoms with van der Waals surface area (Å²) in [5.41, 5.74) is 0.361. The van der Waals surface area contributed by atoms with Gasteiger partial charge in [-0.25, -0.2) is 19.2 Å². The molecule has 2 rings (SSSR count). The van der Waals surface area contributed by atoms with Crippen molar-refractivity contribution in [3.63, 3.8) is 0 Å². The second-order valence-corrected chi connectivity index (χ2v) is 17.4. The van der Waals surface area contributed by atoms with Gasteiger partial charge in [0, 0.05) is 26.2 Å². The van der Waals surface area contributed by atoms with Crippen LogP contribution in [0.25, 0.3) is 0 Å². The molecule has 0 unspecified atom stereocenters. The summed E-state index contributed by atoms with van der Waals surface area (Å²) in [4.78, 5) is 75.3. The third-order valence-corrected chi connectivity index (χ3v) is 9.27. The van der Waals surface area contributed by atoms with Crippen LogP contribution in [-0.4, -0.2) is 85.7 Å². The van der Waals surface area contributed by atoms with Crippen LogP contribution in [0.3, 0.4) is 0 Å². The highest BCUT2D eigenvalue weighted by atomic mass is 16.6. The van der Waals surface area contributed by atoms with E-state index < -0.39 is 47.7 Å². The van der Waals surface area contributed by atoms with Gasteiger partial charge < -0.3 is 50.8 Å². The Labute approximate surface area is 374 Å². The molecule has 63 heavy (non-hydrogen) atoms. The molecule has 0 aliphatic heterocycles. The van der Waals surface area contributed by atoms with E-state index in [1.807, 2.05) is 60.7 Å². The van der Waals surface area contributed by atoms with Crippen LogP contribution in [0.5, 0.6) is 0 Å². The number of carbonyl (C=O) groups excluding carboxylic acids is 6. The first-order chi connectivity index (χ1) is 30.0. The van der Waals surface area contributed by atoms with E-state index in [0.29, 0.717) is 64.7 Å². The molecule has 0 heterocycles. The van der Waals surface area contributed by atoms with E-state index in [4.69, 9.17) is 18.9 Å². The van der Waals surface area contributed by atoms with Crippen LogP contribution in [0, 0.1) is 0 Å². The summed E-state index contributed by atoms with van der Waals surface area (Å²) in [5.74, 6) is -0.564. The van der Waals surface area contributed by atoms with E-state index in [-0.39, 0.29) is 25.0 Å². The first kappa shape index (κ1) is 53.6. The van der Waals surface area contributed by atoms with Crippen molar-refractivity contribution in [1.29, 1.82) is 0 Å². The maximum Gasteiger partial charge on any atom is 0.408 e. The highest BCUT2D eigenvalue weighted by Gasteiger charge is 2.25. The molecular weight excluding hydrogens is 809 g/mol. The van der Waals surface area contributed by atoms with Crippen molar-refractivity contribution in [2.24, 2.45) is 0 Å². The zero-order valence-electron chi connectivity index (χ0n) is 38.4. The number of hydrogen-bond acceptors (Lipinski definition) is 10. The molecule has 0 saturated heterocycles. The molecule has 16 nitrogen and oxygen atoms in total. The van der Waals surface area contributed by atoms with Gasteiger partial charge in [0.25, 0.3) is 0 Å². The van der Waals surface area contributed by atoms with Crippen molar-refractivity contribution in [3.8, 4) is 0 Å². The molecule has 6 amide bonds. The molecule has 2 aromatic rings. The van der Waals surface area contributed by atoms with Gasteiger partial charge in [0.15, 0.2) is 0 Å². The third-order valence-electron chi connectivity index (χ3n) is 9.27. The Balaban J connectivity index is 1.63. The van der Waals surface area contributed by atoms with Crippen LogP contribution < -0.4 is 31.9 Å². The van der Waals surface area contributed by atoms with Gasteiger partial charge in [0.2, 0.25) is 11.8 Å². The summed E-state index contributed by atoms with van der Waals surface area (Å²) in [6.45, 7) is 12.6. The van der Waals surface area contributed by atoms with Crippen LogP contribution in [-0.2, 0) is 41.8 Å². The molecule has 0 aromatic heterocycles. The van der Waals surface area contributed by atoms with Crippen LogP contribution in [0.1, 0.15) is 136 Å². The number of benzene rings is 2. The first-order valence-corrected chi connectivity index (χ1v) is 22.4. The van der Waals surface area contributed by atoms with Crippen LogP contribution in [0.2, 0.25) is 0 Å². The molecule has 0 saturated carbocycles. The molecule has 0 aliphatic rings. The first-order valence-electron chi connectivity index (χ1n) is 22.4. The molecule has 0 fully saturated rings. The summed E-state index contributed by atoms with van der Waals surface area (Å²) in [7, 11) is 0. The van der Waals surface area contributed by atoms with Gasteiger partial charge in [-0.2, -0.15) is 0 Å². The minimum Gasteiger partial charge on any atom is -0.445 e. The van der Waals surface area contributed by atoms with Gasteiger partial charge in [-0.3, -0.25) is 9.59 Å². The summed E-state index contributed by atoms with van der Waals surface area (Å²) < 4.78 is 21.2. The lowest BCUT2D eigenvalue weighted by Crippen LogP contribution is -2.48. The zero-order valence-corrected chi connectivity index (χ0v) is 38.4. The van der Waals surface area contributed by atoms with Gasteiger partial charge in [-0.15, -0.1) is 0 Å². The zero-order chi connectivity index (χ0) is 46.4. The van der Waals surface area contributed by atoms with E-state index in [9.17, 15) is 28.8 Å². The predicted octanol–water partition coefficient (Wildman–Crippen LogP) is 7.93. The standard InChI is InChI=1S/C47H74N6O10/c1-46(2,3)62-44(58)52-38(28-18-22-32-50-42(56)60-34-36-24-14-12-15-25-36)40(54)48-30-20-10-8-7-9-11-21-31-49-41(55)39(53-45(59)63-47(4,5)6)29-19-23-33-51-43(57)61-35-37-26-16-13-17-27-37/h12-17,24-27,38-39H,7-11,18-23,28-35H2,1-6H3,(H,48,54)(H,49,55)(H,50,56)(H,51,57)(H,52,58)(H,53,59)/t38-,39-/m0/s1. The van der Waals surface area contributed by atoms with Gasteiger partial charge >= 0.3 is 24.4 Å². The molecule has 0 spiro atoms. The van der Waals surface area contributed by atoms with Crippen LogP contribution in [0.4, 0.5) is 19.2 Å². The fourth-order valence-electron chi connectivity index (χ4n) is 6.12. The highest BCUT2D eigenvalue weighted by Crippen LogP contribution is 2.12. The minimum atomic E-state index is -0.779. The topological polar surface area (TPSA) is 212 Å². The fourth-order valence-corrected chi connectivity index (χ4v) is 6.12. The number of nitrogens with one attached hydrogen (secondary N) is 6. The van der Waals surface area contributed by atoms with Crippen LogP contribution in [0.15, 0.2) is 60.7 Å². The molecule has 2 aromatic carbocycles. The number of unbranched alkanes of at least 4 members (excludes halogenated alkanes) is 8. The van der Waals surface area contributed by atoms with E-state index in [0.717, 1.165) is 56.1 Å². The lowest BCUT2D eigenvalue weighted by atomic mass is 10.1. The van der Waals surface area contributed by atoms with Crippen molar-refractivity contribution >= 4 is 36.2 Å². The Bertz CT molecular complexity index is 1510. The molecular formula is C47H74N6O10. The molecule has 0 radical (unpaired) electrons. The number of carbonyl (C=O) groups is 6. The van der Waals surface area contributed by atoms with Gasteiger partial charge in [-0.1, -0.05) is 92.8 Å². The van der Waals surface area contributed by atoms with Gasteiger partial charge in [0.1, 0.15) is 36.5 Å². The monoisotopic (exact) mass is 883 g/mol. The SMILES string of the molecule is CC(C)(C)OC(=O)N[C@@H](CCCCNC(=O)OCc1ccccc1)C(=O)NCCCCCCCCCNC(=O)[C@H](CCCCNC(=O)OCc1ccccc1)NC(=O)OC(C)(C)C. The molecule has 352 valence electrons. The number of hydrogen-bond donors (Lipinski definition) is 6. The largest absolute Gasteiger partial charge is 0.445 e. The van der Waals surface area contributed by atoms with Crippen molar-refractivity contribution in [1.82, 2.24) is 31.9 Å². The van der Waals surface area contributed by atoms with Gasteiger partial charge in [0.05, 0.1) is 0 Å². The summed E-state index contributed by atoms with van der Waals surface area (Å²) in [6.07, 6.45) is 7.15. The van der Waals surface area contributed by atoms with E-state index in [1.165, 1.54) is 0 Å². The number of alkyl carbamates (subject to hydrolysis) is 4. The number of amides is 6. The fraction of sp³-hybridized carbons (Fsp3) is 0.617. The second kappa shape index (κ2) is 30.5. The van der Waals surface area contributed by atoms with E-state index >= 15 is 0 Å². The Morgan fingerprint density at radius 1 is 0.429 bits per heavy atom. The number of ether oxygens (including phenoxy) is 4. The third kappa shape index (κ3) is 28.6. The van der Waals surface area contributed by atoms with E-state index in [2.05, 4.69) is 31.9 Å². The Morgan fingerprint density at radius 2 is 0.746 bits per heavy atom. The maximum atomic E-state index is 13.1. The average Bonchev–Trinajstić information content (AvgIpc) is 3.22. The smallest absolute Gasteiger partial charge is 0.408 e. The summed E-state index contributed by atoms with van der Waals surface area (Å²) in [6, 6.07) is 17.2. The van der Waals surface area contributed by atoms with Gasteiger partial charge in [-0.05, 0) is 104 Å². The van der Waals surface area contributed by atoms with Crippen molar-refractivity contribution in [3.05, 3.63) is 71.8 Å². The van der Waals surface area contributed by atoms with Crippen molar-refractivity contribution in [2.75, 3.05) is 26.2 Å². The van der Waals surface area contributed by atoms with Crippen molar-refractivity contribution < 1.29 is 47.7 Å². The molecule has 16 heteroatoms. The normalized spacial score (nSPS) is 12.2. The average molecular weight is 883 g/mol. The maximum absolute atomic E-state index is 13.1. The second-order valence-electron chi connectivity index (χ2n) is 17.4. The Hall–Kier alpha value is -5.54. The molecule has 0 aliphatic carbocycles. The quantitative estimate of drug-likeness (QED) is 0.0359. The Kier molecular flexibility index (Phi) is 25.9. The summed E-state index contributed by atoms with van der Waals surface area (Å²) >= 11 is 0. The lowest BCUT2D eigenvalue weighted by Gasteiger charge is -2.23.